The third-order valence-corrected chi connectivity index (χ3v) is 6.40. The molecule has 2 N–H and O–H groups in total. The van der Waals surface area contributed by atoms with Crippen LogP contribution >= 0.6 is 0 Å². The molecule has 0 aromatic heterocycles. The van der Waals surface area contributed by atoms with Gasteiger partial charge in [0.05, 0.1) is 31.1 Å². The topological polar surface area (TPSA) is 59.6 Å². The van der Waals surface area contributed by atoms with Crippen LogP contribution in [0.4, 0.5) is 11.4 Å². The molecule has 1 aliphatic carbocycles. The molecule has 0 radical (unpaired) electrons. The van der Waals surface area contributed by atoms with Crippen LogP contribution < -0.4 is 20.1 Å². The van der Waals surface area contributed by atoms with Crippen molar-refractivity contribution in [3.63, 3.8) is 0 Å². The van der Waals surface area contributed by atoms with Crippen LogP contribution in [0, 0.1) is 0 Å². The fourth-order valence-electron chi connectivity index (χ4n) is 4.84. The molecule has 0 fully saturated rings. The average Bonchev–Trinajstić information content (AvgIpc) is 3.02. The lowest BCUT2D eigenvalue weighted by atomic mass is 9.78. The highest BCUT2D eigenvalue weighted by atomic mass is 16.5. The molecular weight excluding hydrogens is 412 g/mol. The summed E-state index contributed by atoms with van der Waals surface area (Å²) >= 11 is 0. The molecule has 0 bridgehead atoms. The molecule has 0 saturated carbocycles. The molecule has 0 spiro atoms. The van der Waals surface area contributed by atoms with Gasteiger partial charge in [-0.05, 0) is 54.7 Å². The molecule has 168 valence electrons. The van der Waals surface area contributed by atoms with E-state index in [1.165, 1.54) is 5.56 Å². The van der Waals surface area contributed by atoms with E-state index in [1.807, 2.05) is 67.6 Å². The minimum atomic E-state index is -0.287. The predicted molar refractivity (Wildman–Crippen MR) is 131 cm³/mol. The van der Waals surface area contributed by atoms with Gasteiger partial charge in [0.1, 0.15) is 0 Å². The average molecular weight is 441 g/mol. The minimum absolute atomic E-state index is 0.158. The van der Waals surface area contributed by atoms with Gasteiger partial charge < -0.3 is 20.1 Å². The van der Waals surface area contributed by atoms with Crippen LogP contribution in [-0.4, -0.2) is 19.5 Å². The summed E-state index contributed by atoms with van der Waals surface area (Å²) in [6.45, 7) is 2.51. The summed E-state index contributed by atoms with van der Waals surface area (Å²) in [6.07, 6.45) is 1.28. The maximum absolute atomic E-state index is 13.6. The normalized spacial score (nSPS) is 19.5. The third-order valence-electron chi connectivity index (χ3n) is 6.40. The Morgan fingerprint density at radius 1 is 0.879 bits per heavy atom. The van der Waals surface area contributed by atoms with E-state index < -0.39 is 0 Å². The standard InChI is InChI=1S/C28H28N2O3/c1-3-33-25-14-13-19(17-26(25)32-2)28-27-23(29-21-11-7-8-12-22(21)30-28)15-20(16-24(27)31)18-9-5-4-6-10-18/h4-14,17,20,28-30H,3,15-16H2,1-2H3/t20-,28-/m0/s1. The maximum atomic E-state index is 13.6. The predicted octanol–water partition coefficient (Wildman–Crippen LogP) is 6.07. The lowest BCUT2D eigenvalue weighted by molar-refractivity contribution is -0.116. The molecule has 1 heterocycles. The summed E-state index contributed by atoms with van der Waals surface area (Å²) < 4.78 is 11.3. The molecule has 0 saturated heterocycles. The van der Waals surface area contributed by atoms with Crippen molar-refractivity contribution in [2.45, 2.75) is 31.7 Å². The van der Waals surface area contributed by atoms with Gasteiger partial charge in [-0.2, -0.15) is 0 Å². The van der Waals surface area contributed by atoms with Crippen LogP contribution in [-0.2, 0) is 4.79 Å². The van der Waals surface area contributed by atoms with Crippen molar-refractivity contribution in [3.8, 4) is 11.5 Å². The van der Waals surface area contributed by atoms with Crippen LogP contribution in [0.5, 0.6) is 11.5 Å². The molecule has 0 unspecified atom stereocenters. The molecule has 33 heavy (non-hydrogen) atoms. The second-order valence-corrected chi connectivity index (χ2v) is 8.42. The number of ketones is 1. The number of hydrogen-bond donors (Lipinski definition) is 2. The highest BCUT2D eigenvalue weighted by Gasteiger charge is 2.36. The van der Waals surface area contributed by atoms with Crippen molar-refractivity contribution in [3.05, 3.63) is 95.2 Å². The SMILES string of the molecule is CCOc1ccc([C@@H]2Nc3ccccc3NC3=C2C(=O)C[C@@H](c2ccccc2)C3)cc1OC. The number of ether oxygens (including phenoxy) is 2. The van der Waals surface area contributed by atoms with E-state index in [9.17, 15) is 4.79 Å². The molecule has 0 amide bonds. The summed E-state index contributed by atoms with van der Waals surface area (Å²) in [5, 5.41) is 7.22. The number of para-hydroxylation sites is 2. The first-order valence-corrected chi connectivity index (χ1v) is 11.4. The van der Waals surface area contributed by atoms with Gasteiger partial charge >= 0.3 is 0 Å². The zero-order valence-electron chi connectivity index (χ0n) is 18.9. The zero-order chi connectivity index (χ0) is 22.8. The fraction of sp³-hybridized carbons (Fsp3) is 0.250. The molecule has 3 aromatic carbocycles. The molecule has 5 nitrogen and oxygen atoms in total. The number of hydrogen-bond acceptors (Lipinski definition) is 5. The largest absolute Gasteiger partial charge is 0.493 e. The minimum Gasteiger partial charge on any atom is -0.493 e. The summed E-state index contributed by atoms with van der Waals surface area (Å²) in [7, 11) is 1.64. The Hall–Kier alpha value is -3.73. The lowest BCUT2D eigenvalue weighted by Crippen LogP contribution is -2.26. The van der Waals surface area contributed by atoms with Crippen molar-refractivity contribution in [1.82, 2.24) is 0 Å². The van der Waals surface area contributed by atoms with Gasteiger partial charge in [-0.3, -0.25) is 4.79 Å². The van der Waals surface area contributed by atoms with Gasteiger partial charge in [0.2, 0.25) is 0 Å². The third kappa shape index (κ3) is 4.07. The number of rotatable bonds is 5. The number of methoxy groups -OCH3 is 1. The van der Waals surface area contributed by atoms with Crippen molar-refractivity contribution in [2.75, 3.05) is 24.4 Å². The molecule has 3 aromatic rings. The van der Waals surface area contributed by atoms with Crippen molar-refractivity contribution < 1.29 is 14.3 Å². The second-order valence-electron chi connectivity index (χ2n) is 8.42. The molecular formula is C28H28N2O3. The Morgan fingerprint density at radius 3 is 2.39 bits per heavy atom. The number of nitrogens with one attached hydrogen (secondary N) is 2. The van der Waals surface area contributed by atoms with Gasteiger partial charge in [0.25, 0.3) is 0 Å². The lowest BCUT2D eigenvalue weighted by Gasteiger charge is -2.30. The van der Waals surface area contributed by atoms with Crippen LogP contribution in [0.15, 0.2) is 84.1 Å². The van der Waals surface area contributed by atoms with Gasteiger partial charge in [0, 0.05) is 17.7 Å². The number of anilines is 2. The number of carbonyl (C=O) groups excluding carboxylic acids is 1. The van der Waals surface area contributed by atoms with E-state index in [2.05, 4.69) is 22.8 Å². The Balaban J connectivity index is 1.60. The first-order chi connectivity index (χ1) is 16.2. The van der Waals surface area contributed by atoms with Crippen molar-refractivity contribution >= 4 is 17.2 Å². The maximum Gasteiger partial charge on any atom is 0.163 e. The van der Waals surface area contributed by atoms with E-state index >= 15 is 0 Å². The van der Waals surface area contributed by atoms with Gasteiger partial charge in [-0.15, -0.1) is 0 Å². The Morgan fingerprint density at radius 2 is 1.64 bits per heavy atom. The zero-order valence-corrected chi connectivity index (χ0v) is 18.9. The molecule has 5 heteroatoms. The Kier molecular flexibility index (Phi) is 5.78. The number of carbonyl (C=O) groups is 1. The summed E-state index contributed by atoms with van der Waals surface area (Å²) in [5.41, 5.74) is 5.89. The van der Waals surface area contributed by atoms with E-state index in [0.717, 1.165) is 34.6 Å². The molecule has 2 atom stereocenters. The molecule has 2 aliphatic rings. The Labute approximate surface area is 194 Å². The van der Waals surface area contributed by atoms with Gasteiger partial charge in [0.15, 0.2) is 17.3 Å². The molecule has 1 aliphatic heterocycles. The van der Waals surface area contributed by atoms with Crippen LogP contribution in [0.1, 0.15) is 42.9 Å². The summed E-state index contributed by atoms with van der Waals surface area (Å²) in [6, 6.07) is 24.0. The van der Waals surface area contributed by atoms with E-state index in [1.54, 1.807) is 7.11 Å². The summed E-state index contributed by atoms with van der Waals surface area (Å²) in [5.74, 6) is 1.68. The quantitative estimate of drug-likeness (QED) is 0.504. The number of allylic oxidation sites excluding steroid dienone is 1. The first kappa shape index (κ1) is 21.1. The number of benzene rings is 3. The highest BCUT2D eigenvalue weighted by molar-refractivity contribution is 6.01. The summed E-state index contributed by atoms with van der Waals surface area (Å²) in [4.78, 5) is 13.6. The first-order valence-electron chi connectivity index (χ1n) is 11.4. The van der Waals surface area contributed by atoms with E-state index in [0.29, 0.717) is 24.5 Å². The smallest absolute Gasteiger partial charge is 0.163 e. The van der Waals surface area contributed by atoms with Crippen molar-refractivity contribution in [2.24, 2.45) is 0 Å². The second kappa shape index (κ2) is 9.02. The monoisotopic (exact) mass is 440 g/mol. The molecule has 5 rings (SSSR count). The van der Waals surface area contributed by atoms with Crippen LogP contribution in [0.25, 0.3) is 0 Å². The van der Waals surface area contributed by atoms with Gasteiger partial charge in [-0.1, -0.05) is 48.5 Å². The fourth-order valence-corrected chi connectivity index (χ4v) is 4.84. The van der Waals surface area contributed by atoms with E-state index in [4.69, 9.17) is 9.47 Å². The highest BCUT2D eigenvalue weighted by Crippen LogP contribution is 2.45. The number of fused-ring (bicyclic) bond motifs is 1. The van der Waals surface area contributed by atoms with Gasteiger partial charge in [-0.25, -0.2) is 0 Å². The van der Waals surface area contributed by atoms with Crippen molar-refractivity contribution in [1.29, 1.82) is 0 Å². The van der Waals surface area contributed by atoms with Crippen LogP contribution in [0.2, 0.25) is 0 Å². The Bertz CT molecular complexity index is 1200. The van der Waals surface area contributed by atoms with Crippen LogP contribution in [0.3, 0.4) is 0 Å². The number of Topliss-reactive ketones (excluding diaryl/α,β-unsaturated/α-hetero) is 1. The van der Waals surface area contributed by atoms with E-state index in [-0.39, 0.29) is 17.7 Å².